The van der Waals surface area contributed by atoms with E-state index in [0.717, 1.165) is 12.1 Å². The molecule has 0 aliphatic carbocycles. The lowest BCUT2D eigenvalue weighted by Gasteiger charge is -2.34. The van der Waals surface area contributed by atoms with Gasteiger partial charge in [-0.2, -0.15) is 13.2 Å². The number of alkyl halides is 3. The largest absolute Gasteiger partial charge is 0.481 e. The van der Waals surface area contributed by atoms with E-state index in [0.29, 0.717) is 12.6 Å². The molecule has 0 radical (unpaired) electrons. The molecule has 1 fully saturated rings. The van der Waals surface area contributed by atoms with Gasteiger partial charge in [0.25, 0.3) is 5.91 Å². The van der Waals surface area contributed by atoms with Crippen molar-refractivity contribution in [2.45, 2.75) is 19.5 Å². The number of likely N-dealkylation sites (tertiary alicyclic amines) is 1. The highest BCUT2D eigenvalue weighted by molar-refractivity contribution is 5.92. The average molecular weight is 316 g/mol. The Bertz CT molecular complexity index is 572. The van der Waals surface area contributed by atoms with Crippen LogP contribution >= 0.6 is 0 Å². The number of carboxylic acids is 1. The second-order valence-electron chi connectivity index (χ2n) is 5.39. The summed E-state index contributed by atoms with van der Waals surface area (Å²) in [7, 11) is 0. The van der Waals surface area contributed by atoms with Crippen LogP contribution in [0.3, 0.4) is 0 Å². The normalized spacial score (nSPS) is 22.5. The van der Waals surface area contributed by atoms with Crippen LogP contribution in [0.2, 0.25) is 0 Å². The first-order valence-electron chi connectivity index (χ1n) is 6.75. The van der Waals surface area contributed by atoms with Gasteiger partial charge in [-0.1, -0.05) is 6.92 Å². The Morgan fingerprint density at radius 2 is 2.05 bits per heavy atom. The molecule has 1 aromatic rings. The summed E-state index contributed by atoms with van der Waals surface area (Å²) in [5.41, 5.74) is -0.990. The Morgan fingerprint density at radius 3 is 2.50 bits per heavy atom. The van der Waals surface area contributed by atoms with E-state index in [1.54, 1.807) is 6.92 Å². The minimum atomic E-state index is -4.50. The number of aliphatic carboxylic acids is 1. The van der Waals surface area contributed by atoms with Crippen LogP contribution in [0.4, 0.5) is 13.2 Å². The molecular formula is C14H15F3N2O3. The molecule has 22 heavy (non-hydrogen) atoms. The van der Waals surface area contributed by atoms with Crippen LogP contribution < -0.4 is 0 Å². The zero-order valence-corrected chi connectivity index (χ0v) is 11.8. The van der Waals surface area contributed by atoms with Crippen LogP contribution in [0.5, 0.6) is 0 Å². The van der Waals surface area contributed by atoms with Gasteiger partial charge in [0, 0.05) is 19.3 Å². The van der Waals surface area contributed by atoms with Crippen molar-refractivity contribution >= 4 is 11.9 Å². The maximum Gasteiger partial charge on any atom is 0.417 e. The summed E-state index contributed by atoms with van der Waals surface area (Å²) in [5, 5.41) is 9.04. The van der Waals surface area contributed by atoms with Crippen molar-refractivity contribution in [1.82, 2.24) is 9.88 Å². The number of carboxylic acid groups (broad SMARTS) is 1. The van der Waals surface area contributed by atoms with Gasteiger partial charge >= 0.3 is 12.1 Å². The molecule has 1 N–H and O–H groups in total. The van der Waals surface area contributed by atoms with E-state index in [-0.39, 0.29) is 24.7 Å². The third kappa shape index (κ3) is 3.37. The Morgan fingerprint density at radius 1 is 1.36 bits per heavy atom. The molecule has 2 rings (SSSR count). The van der Waals surface area contributed by atoms with Crippen LogP contribution in [-0.4, -0.2) is 40.0 Å². The van der Waals surface area contributed by atoms with Crippen LogP contribution in [0.1, 0.15) is 29.4 Å². The minimum absolute atomic E-state index is 0.0750. The number of hydrogen-bond acceptors (Lipinski definition) is 3. The maximum absolute atomic E-state index is 12.5. The lowest BCUT2D eigenvalue weighted by atomic mass is 9.87. The number of carbonyl (C=O) groups is 2. The molecule has 8 heteroatoms. The lowest BCUT2D eigenvalue weighted by molar-refractivity contribution is -0.145. The Hall–Kier alpha value is -2.12. The second-order valence-corrected chi connectivity index (χ2v) is 5.39. The van der Waals surface area contributed by atoms with E-state index in [2.05, 4.69) is 4.98 Å². The van der Waals surface area contributed by atoms with Crippen molar-refractivity contribution in [1.29, 1.82) is 0 Å². The van der Waals surface area contributed by atoms with Gasteiger partial charge < -0.3 is 10.0 Å². The fourth-order valence-corrected chi connectivity index (χ4v) is 2.55. The molecule has 1 amide bonds. The van der Waals surface area contributed by atoms with Gasteiger partial charge in [-0.05, 0) is 24.5 Å². The van der Waals surface area contributed by atoms with E-state index in [1.165, 1.54) is 4.90 Å². The summed E-state index contributed by atoms with van der Waals surface area (Å²) in [6.07, 6.45) is -3.55. The number of aromatic nitrogens is 1. The summed E-state index contributed by atoms with van der Waals surface area (Å²) in [5.74, 6) is -2.11. The smallest absolute Gasteiger partial charge is 0.417 e. The molecule has 120 valence electrons. The highest BCUT2D eigenvalue weighted by Gasteiger charge is 2.34. The quantitative estimate of drug-likeness (QED) is 0.909. The molecule has 2 atom stereocenters. The summed E-state index contributed by atoms with van der Waals surface area (Å²) < 4.78 is 37.4. The molecule has 2 heterocycles. The second kappa shape index (κ2) is 5.94. The van der Waals surface area contributed by atoms with Crippen molar-refractivity contribution in [3.8, 4) is 0 Å². The van der Waals surface area contributed by atoms with Crippen molar-refractivity contribution in [2.24, 2.45) is 11.8 Å². The van der Waals surface area contributed by atoms with Gasteiger partial charge in [-0.3, -0.25) is 14.6 Å². The first kappa shape index (κ1) is 16.3. The van der Waals surface area contributed by atoms with Crippen LogP contribution in [0.15, 0.2) is 18.3 Å². The standard InChI is InChI=1S/C14H15F3N2O3/c1-8-7-19(5-4-10(8)13(21)22)12(20)11-3-2-9(6-18-11)14(15,16)17/h2-3,6,8,10H,4-5,7H2,1H3,(H,21,22). The fourth-order valence-electron chi connectivity index (χ4n) is 2.55. The molecule has 5 nitrogen and oxygen atoms in total. The van der Waals surface area contributed by atoms with Gasteiger partial charge in [0.2, 0.25) is 0 Å². The third-order valence-corrected chi connectivity index (χ3v) is 3.82. The van der Waals surface area contributed by atoms with Crippen LogP contribution in [-0.2, 0) is 11.0 Å². The number of pyridine rings is 1. The lowest BCUT2D eigenvalue weighted by Crippen LogP contribution is -2.45. The number of nitrogens with zero attached hydrogens (tertiary/aromatic N) is 2. The van der Waals surface area contributed by atoms with Gasteiger partial charge in [-0.15, -0.1) is 0 Å². The Labute approximate surface area is 124 Å². The van der Waals surface area contributed by atoms with Crippen LogP contribution in [0.25, 0.3) is 0 Å². The number of rotatable bonds is 2. The Balaban J connectivity index is 2.08. The van der Waals surface area contributed by atoms with E-state index >= 15 is 0 Å². The Kier molecular flexibility index (Phi) is 4.39. The van der Waals surface area contributed by atoms with Crippen molar-refractivity contribution in [2.75, 3.05) is 13.1 Å². The van der Waals surface area contributed by atoms with E-state index < -0.39 is 29.5 Å². The zero-order valence-electron chi connectivity index (χ0n) is 11.8. The van der Waals surface area contributed by atoms with Crippen molar-refractivity contribution < 1.29 is 27.9 Å². The van der Waals surface area contributed by atoms with E-state index in [4.69, 9.17) is 5.11 Å². The monoisotopic (exact) mass is 316 g/mol. The summed E-state index contributed by atoms with van der Waals surface area (Å²) >= 11 is 0. The van der Waals surface area contributed by atoms with Gasteiger partial charge in [0.05, 0.1) is 11.5 Å². The van der Waals surface area contributed by atoms with Gasteiger partial charge in [-0.25, -0.2) is 0 Å². The first-order chi connectivity index (χ1) is 10.2. The molecule has 1 aliphatic heterocycles. The van der Waals surface area contributed by atoms with Crippen LogP contribution in [0, 0.1) is 11.8 Å². The highest BCUT2D eigenvalue weighted by atomic mass is 19.4. The molecule has 0 saturated carbocycles. The van der Waals surface area contributed by atoms with Gasteiger partial charge in [0.1, 0.15) is 5.69 Å². The van der Waals surface area contributed by atoms with E-state index in [1.807, 2.05) is 0 Å². The highest BCUT2D eigenvalue weighted by Crippen LogP contribution is 2.29. The maximum atomic E-state index is 12.5. The predicted molar refractivity (Wildman–Crippen MR) is 70.0 cm³/mol. The molecule has 1 saturated heterocycles. The minimum Gasteiger partial charge on any atom is -0.481 e. The summed E-state index contributed by atoms with van der Waals surface area (Å²) in [6, 6.07) is 1.85. The number of hydrogen-bond donors (Lipinski definition) is 1. The third-order valence-electron chi connectivity index (χ3n) is 3.82. The topological polar surface area (TPSA) is 70.5 Å². The molecule has 2 unspecified atom stereocenters. The number of amides is 1. The average Bonchev–Trinajstić information content (AvgIpc) is 2.45. The number of carbonyl (C=O) groups excluding carboxylic acids is 1. The van der Waals surface area contributed by atoms with E-state index in [9.17, 15) is 22.8 Å². The SMILES string of the molecule is CC1CN(C(=O)c2ccc(C(F)(F)F)cn2)CCC1C(=O)O. The van der Waals surface area contributed by atoms with Gasteiger partial charge in [0.15, 0.2) is 0 Å². The predicted octanol–water partition coefficient (Wildman–Crippen LogP) is 2.28. The molecular weight excluding hydrogens is 301 g/mol. The molecule has 0 spiro atoms. The first-order valence-corrected chi connectivity index (χ1v) is 6.75. The molecule has 1 aliphatic rings. The summed E-state index contributed by atoms with van der Waals surface area (Å²) in [6.45, 7) is 2.24. The fraction of sp³-hybridized carbons (Fsp3) is 0.500. The van der Waals surface area contributed by atoms with Crippen molar-refractivity contribution in [3.63, 3.8) is 0 Å². The van der Waals surface area contributed by atoms with Crippen molar-refractivity contribution in [3.05, 3.63) is 29.6 Å². The zero-order chi connectivity index (χ0) is 16.5. The summed E-state index contributed by atoms with van der Waals surface area (Å²) in [4.78, 5) is 28.2. The molecule has 1 aromatic heterocycles. The number of piperidine rings is 1. The molecule has 0 bridgehead atoms. The number of halogens is 3. The molecule has 0 aromatic carbocycles.